The van der Waals surface area contributed by atoms with Crippen molar-refractivity contribution in [2.75, 3.05) is 19.6 Å². The summed E-state index contributed by atoms with van der Waals surface area (Å²) >= 11 is 0. The quantitative estimate of drug-likeness (QED) is 0.787. The molecule has 1 aliphatic carbocycles. The van der Waals surface area contributed by atoms with Crippen molar-refractivity contribution < 1.29 is 9.59 Å². The van der Waals surface area contributed by atoms with Gasteiger partial charge < -0.3 is 15.5 Å². The summed E-state index contributed by atoms with van der Waals surface area (Å²) in [5.41, 5.74) is 2.45. The number of hydrogen-bond acceptors (Lipinski definition) is 3. The van der Waals surface area contributed by atoms with Gasteiger partial charge in [0.2, 0.25) is 11.8 Å². The second-order valence-electron chi connectivity index (χ2n) is 7.91. The Hall–Kier alpha value is -1.59. The fraction of sp³-hybridized carbons (Fsp3) is 0.636. The number of amides is 2. The lowest BCUT2D eigenvalue weighted by Crippen LogP contribution is -2.55. The number of aryl methyl sites for hydroxylation is 1. The molecule has 0 radical (unpaired) electrons. The van der Waals surface area contributed by atoms with E-state index in [2.05, 4.69) is 41.8 Å². The molecule has 3 rings (SSSR count). The normalized spacial score (nSPS) is 21.5. The van der Waals surface area contributed by atoms with Crippen molar-refractivity contribution >= 4 is 24.2 Å². The van der Waals surface area contributed by atoms with Crippen LogP contribution >= 0.6 is 12.4 Å². The van der Waals surface area contributed by atoms with Crippen molar-refractivity contribution in [1.29, 1.82) is 0 Å². The molecule has 2 aliphatic rings. The molecule has 1 heterocycles. The van der Waals surface area contributed by atoms with Crippen LogP contribution in [0.25, 0.3) is 0 Å². The van der Waals surface area contributed by atoms with Gasteiger partial charge in [0.1, 0.15) is 6.04 Å². The molecule has 2 amide bonds. The maximum absolute atomic E-state index is 13.1. The molecule has 2 N–H and O–H groups in total. The molecule has 6 heteroatoms. The molecule has 1 saturated heterocycles. The monoisotopic (exact) mass is 407 g/mol. The van der Waals surface area contributed by atoms with Crippen LogP contribution < -0.4 is 10.6 Å². The number of nitrogens with one attached hydrogen (secondary N) is 2. The molecule has 1 aromatic rings. The number of nitrogens with zero attached hydrogens (tertiary/aromatic N) is 1. The summed E-state index contributed by atoms with van der Waals surface area (Å²) in [4.78, 5) is 27.6. The van der Waals surface area contributed by atoms with E-state index in [9.17, 15) is 9.59 Å². The number of halogens is 1. The number of carbonyl (C=O) groups excluding carboxylic acids is 2. The lowest BCUT2D eigenvalue weighted by atomic mass is 9.88. The van der Waals surface area contributed by atoms with Crippen LogP contribution in [0.2, 0.25) is 0 Å². The lowest BCUT2D eigenvalue weighted by molar-refractivity contribution is -0.139. The molecule has 1 unspecified atom stereocenters. The summed E-state index contributed by atoms with van der Waals surface area (Å²) in [6, 6.07) is 8.08. The molecular formula is C22H34ClN3O2. The highest BCUT2D eigenvalue weighted by molar-refractivity contribution is 5.88. The number of carbonyl (C=O) groups is 2. The standard InChI is InChI=1S/C22H33N3O2.ClH/c1-3-17-9-11-18(12-10-17)20-15-23-13-14-25(20)22(27)16(2)24-21(26)19-7-5-4-6-8-19;/h9-12,16,19-20,23H,3-8,13-15H2,1-2H3,(H,24,26);1H/t16-,20?;/m0./s1. The third kappa shape index (κ3) is 5.48. The first-order valence-electron chi connectivity index (χ1n) is 10.5. The molecule has 0 spiro atoms. The molecule has 5 nitrogen and oxygen atoms in total. The molecule has 2 atom stereocenters. The second kappa shape index (κ2) is 10.8. The van der Waals surface area contributed by atoms with E-state index in [4.69, 9.17) is 0 Å². The van der Waals surface area contributed by atoms with Crippen LogP contribution in [-0.2, 0) is 16.0 Å². The van der Waals surface area contributed by atoms with E-state index < -0.39 is 6.04 Å². The van der Waals surface area contributed by atoms with Gasteiger partial charge in [-0.05, 0) is 37.3 Å². The van der Waals surface area contributed by atoms with Crippen molar-refractivity contribution in [1.82, 2.24) is 15.5 Å². The number of rotatable bonds is 5. The lowest BCUT2D eigenvalue weighted by Gasteiger charge is -2.38. The minimum absolute atomic E-state index is 0. The van der Waals surface area contributed by atoms with Crippen LogP contribution in [0.15, 0.2) is 24.3 Å². The highest BCUT2D eigenvalue weighted by atomic mass is 35.5. The maximum Gasteiger partial charge on any atom is 0.245 e. The van der Waals surface area contributed by atoms with Gasteiger partial charge in [-0.25, -0.2) is 0 Å². The SMILES string of the molecule is CCc1ccc(C2CNCCN2C(=O)[C@H](C)NC(=O)C2CCCCC2)cc1.Cl. The molecule has 0 bridgehead atoms. The van der Waals surface area contributed by atoms with Gasteiger partial charge in [0, 0.05) is 25.6 Å². The van der Waals surface area contributed by atoms with E-state index in [0.29, 0.717) is 6.54 Å². The van der Waals surface area contributed by atoms with Crippen LogP contribution in [0.5, 0.6) is 0 Å². The van der Waals surface area contributed by atoms with Gasteiger partial charge in [-0.2, -0.15) is 0 Å². The molecule has 1 aromatic carbocycles. The molecule has 0 aromatic heterocycles. The largest absolute Gasteiger partial charge is 0.344 e. The summed E-state index contributed by atoms with van der Waals surface area (Å²) in [6.45, 7) is 6.17. The first-order chi connectivity index (χ1) is 13.1. The fourth-order valence-electron chi connectivity index (χ4n) is 4.25. The Kier molecular flexibility index (Phi) is 8.77. The van der Waals surface area contributed by atoms with Crippen molar-refractivity contribution in [3.63, 3.8) is 0 Å². The average Bonchev–Trinajstić information content (AvgIpc) is 2.73. The van der Waals surface area contributed by atoms with Gasteiger partial charge in [-0.3, -0.25) is 9.59 Å². The summed E-state index contributed by atoms with van der Waals surface area (Å²) in [5.74, 6) is 0.147. The zero-order chi connectivity index (χ0) is 19.2. The third-order valence-electron chi connectivity index (χ3n) is 6.00. The highest BCUT2D eigenvalue weighted by Crippen LogP contribution is 2.25. The summed E-state index contributed by atoms with van der Waals surface area (Å²) in [5, 5.41) is 6.38. The van der Waals surface area contributed by atoms with Crippen LogP contribution in [0.4, 0.5) is 0 Å². The van der Waals surface area contributed by atoms with E-state index in [1.54, 1.807) is 0 Å². The van der Waals surface area contributed by atoms with E-state index in [-0.39, 0.29) is 36.2 Å². The van der Waals surface area contributed by atoms with Crippen molar-refractivity contribution in [3.05, 3.63) is 35.4 Å². The zero-order valence-corrected chi connectivity index (χ0v) is 17.9. The van der Waals surface area contributed by atoms with Crippen molar-refractivity contribution in [2.24, 2.45) is 5.92 Å². The van der Waals surface area contributed by atoms with Crippen LogP contribution in [0, 0.1) is 5.92 Å². The molecule has 2 fully saturated rings. The van der Waals surface area contributed by atoms with E-state index in [1.807, 2.05) is 11.8 Å². The van der Waals surface area contributed by atoms with Crippen LogP contribution in [-0.4, -0.2) is 42.4 Å². The molecule has 28 heavy (non-hydrogen) atoms. The molecule has 156 valence electrons. The molecular weight excluding hydrogens is 374 g/mol. The van der Waals surface area contributed by atoms with Gasteiger partial charge in [0.05, 0.1) is 6.04 Å². The van der Waals surface area contributed by atoms with Crippen LogP contribution in [0.1, 0.15) is 63.1 Å². The number of hydrogen-bond donors (Lipinski definition) is 2. The van der Waals surface area contributed by atoms with E-state index >= 15 is 0 Å². The van der Waals surface area contributed by atoms with E-state index in [0.717, 1.165) is 50.8 Å². The Labute approximate surface area is 175 Å². The fourth-order valence-corrected chi connectivity index (χ4v) is 4.25. The van der Waals surface area contributed by atoms with Crippen molar-refractivity contribution in [2.45, 2.75) is 64.5 Å². The Morgan fingerprint density at radius 2 is 1.86 bits per heavy atom. The number of piperazine rings is 1. The average molecular weight is 408 g/mol. The predicted octanol–water partition coefficient (Wildman–Crippen LogP) is 3.23. The summed E-state index contributed by atoms with van der Waals surface area (Å²) < 4.78 is 0. The van der Waals surface area contributed by atoms with Gasteiger partial charge in [0.15, 0.2) is 0 Å². The zero-order valence-electron chi connectivity index (χ0n) is 17.1. The molecule has 1 saturated carbocycles. The highest BCUT2D eigenvalue weighted by Gasteiger charge is 2.32. The topological polar surface area (TPSA) is 61.4 Å². The predicted molar refractivity (Wildman–Crippen MR) is 115 cm³/mol. The minimum Gasteiger partial charge on any atom is -0.344 e. The number of benzene rings is 1. The Morgan fingerprint density at radius 1 is 1.18 bits per heavy atom. The van der Waals surface area contributed by atoms with Gasteiger partial charge in [0.25, 0.3) is 0 Å². The van der Waals surface area contributed by atoms with Gasteiger partial charge in [-0.1, -0.05) is 50.5 Å². The second-order valence-corrected chi connectivity index (χ2v) is 7.91. The first-order valence-corrected chi connectivity index (χ1v) is 10.5. The summed E-state index contributed by atoms with van der Waals surface area (Å²) in [7, 11) is 0. The Bertz CT molecular complexity index is 644. The van der Waals surface area contributed by atoms with E-state index in [1.165, 1.54) is 12.0 Å². The van der Waals surface area contributed by atoms with Gasteiger partial charge in [-0.15, -0.1) is 12.4 Å². The maximum atomic E-state index is 13.1. The summed E-state index contributed by atoms with van der Waals surface area (Å²) in [6.07, 6.45) is 6.37. The van der Waals surface area contributed by atoms with Crippen molar-refractivity contribution in [3.8, 4) is 0 Å². The Balaban J connectivity index is 0.00000280. The first kappa shape index (κ1) is 22.7. The Morgan fingerprint density at radius 3 is 2.50 bits per heavy atom. The molecule has 1 aliphatic heterocycles. The smallest absolute Gasteiger partial charge is 0.245 e. The third-order valence-corrected chi connectivity index (χ3v) is 6.00. The van der Waals surface area contributed by atoms with Gasteiger partial charge >= 0.3 is 0 Å². The van der Waals surface area contributed by atoms with Crippen LogP contribution in [0.3, 0.4) is 0 Å². The minimum atomic E-state index is -0.477.